The third kappa shape index (κ3) is 2.72. The maximum atomic E-state index is 8.69. The van der Waals surface area contributed by atoms with Crippen LogP contribution in [0.25, 0.3) is 0 Å². The molecule has 1 aromatic carbocycles. The maximum absolute atomic E-state index is 8.69. The van der Waals surface area contributed by atoms with Gasteiger partial charge < -0.3 is 9.84 Å². The lowest BCUT2D eigenvalue weighted by molar-refractivity contribution is 0.129. The number of benzene rings is 1. The highest BCUT2D eigenvalue weighted by Crippen LogP contribution is 2.16. The van der Waals surface area contributed by atoms with Crippen molar-refractivity contribution in [2.24, 2.45) is 0 Å². The minimum absolute atomic E-state index is 0.0135. The molecule has 0 saturated heterocycles. The van der Waals surface area contributed by atoms with Gasteiger partial charge in [0, 0.05) is 6.07 Å². The second kappa shape index (κ2) is 4.33. The van der Waals surface area contributed by atoms with Crippen LogP contribution in [0.15, 0.2) is 18.2 Å². The van der Waals surface area contributed by atoms with Crippen molar-refractivity contribution >= 4 is 11.6 Å². The van der Waals surface area contributed by atoms with E-state index >= 15 is 0 Å². The largest absolute Gasteiger partial charge is 0.488 e. The van der Waals surface area contributed by atoms with Gasteiger partial charge in [-0.1, -0.05) is 17.7 Å². The molecule has 0 aliphatic rings. The number of halogens is 1. The van der Waals surface area contributed by atoms with Gasteiger partial charge in [0.1, 0.15) is 11.9 Å². The Bertz CT molecular complexity index is 250. The molecule has 1 rings (SSSR count). The van der Waals surface area contributed by atoms with Gasteiger partial charge in [-0.15, -0.1) is 0 Å². The third-order valence-corrected chi connectivity index (χ3v) is 1.54. The van der Waals surface area contributed by atoms with Crippen LogP contribution in [0.5, 0.6) is 5.75 Å². The lowest BCUT2D eigenvalue weighted by Crippen LogP contribution is -2.16. The lowest BCUT2D eigenvalue weighted by atomic mass is 10.3. The fraction of sp³-hybridized carbons (Fsp3) is 0.333. The van der Waals surface area contributed by atoms with Crippen molar-refractivity contribution < 1.29 is 9.84 Å². The van der Waals surface area contributed by atoms with Crippen molar-refractivity contribution in [1.82, 2.24) is 0 Å². The first-order valence-electron chi connectivity index (χ1n) is 3.67. The summed E-state index contributed by atoms with van der Waals surface area (Å²) in [4.78, 5) is 0. The predicted molar refractivity (Wildman–Crippen MR) is 47.5 cm³/mol. The van der Waals surface area contributed by atoms with E-state index < -0.39 is 0 Å². The van der Waals surface area contributed by atoms with Crippen molar-refractivity contribution in [3.05, 3.63) is 29.3 Å². The molecule has 2 nitrogen and oxygen atoms in total. The van der Waals surface area contributed by atoms with E-state index in [1.165, 1.54) is 0 Å². The molecule has 65 valence electrons. The first-order chi connectivity index (χ1) is 5.72. The third-order valence-electron chi connectivity index (χ3n) is 1.32. The van der Waals surface area contributed by atoms with Crippen LogP contribution in [0, 0.1) is 6.07 Å². The van der Waals surface area contributed by atoms with Gasteiger partial charge in [-0.25, -0.2) is 0 Å². The van der Waals surface area contributed by atoms with E-state index in [1.807, 2.05) is 0 Å². The Morgan fingerprint density at radius 2 is 2.42 bits per heavy atom. The fourth-order valence-electron chi connectivity index (χ4n) is 0.744. The SMILES string of the molecule is C[C@H](CO)Oc1[c]c(Cl)ccc1. The van der Waals surface area contributed by atoms with E-state index in [0.29, 0.717) is 10.8 Å². The van der Waals surface area contributed by atoms with Gasteiger partial charge >= 0.3 is 0 Å². The van der Waals surface area contributed by atoms with Gasteiger partial charge in [0.15, 0.2) is 0 Å². The Kier molecular flexibility index (Phi) is 3.38. The molecule has 1 aromatic rings. The van der Waals surface area contributed by atoms with E-state index in [9.17, 15) is 0 Å². The topological polar surface area (TPSA) is 29.5 Å². The zero-order valence-electron chi connectivity index (χ0n) is 6.75. The molecule has 1 atom stereocenters. The second-order valence-corrected chi connectivity index (χ2v) is 2.88. The molecule has 0 amide bonds. The minimum Gasteiger partial charge on any atom is -0.488 e. The Hall–Kier alpha value is -0.730. The molecule has 3 heteroatoms. The molecule has 0 aliphatic carbocycles. The average Bonchev–Trinajstić information content (AvgIpc) is 2.04. The highest BCUT2D eigenvalue weighted by atomic mass is 35.5. The summed E-state index contributed by atoms with van der Waals surface area (Å²) < 4.78 is 5.25. The molecule has 0 bridgehead atoms. The predicted octanol–water partition coefficient (Wildman–Crippen LogP) is 1.90. The summed E-state index contributed by atoms with van der Waals surface area (Å²) in [5.41, 5.74) is 0. The molecular formula is C9H10ClO2. The van der Waals surface area contributed by atoms with Crippen molar-refractivity contribution in [3.8, 4) is 5.75 Å². The Morgan fingerprint density at radius 1 is 1.67 bits per heavy atom. The molecule has 0 aromatic heterocycles. The van der Waals surface area contributed by atoms with Crippen molar-refractivity contribution in [3.63, 3.8) is 0 Å². The van der Waals surface area contributed by atoms with E-state index in [2.05, 4.69) is 6.07 Å². The van der Waals surface area contributed by atoms with Crippen LogP contribution >= 0.6 is 11.6 Å². The fourth-order valence-corrected chi connectivity index (χ4v) is 0.910. The summed E-state index contributed by atoms with van der Waals surface area (Å²) in [5.74, 6) is 0.559. The van der Waals surface area contributed by atoms with Gasteiger partial charge in [0.2, 0.25) is 0 Å². The summed E-state index contributed by atoms with van der Waals surface area (Å²) in [6.07, 6.45) is -0.222. The number of ether oxygens (including phenoxy) is 1. The molecule has 0 aliphatic heterocycles. The zero-order valence-corrected chi connectivity index (χ0v) is 7.51. The van der Waals surface area contributed by atoms with E-state index in [0.717, 1.165) is 0 Å². The minimum atomic E-state index is -0.222. The zero-order chi connectivity index (χ0) is 8.97. The summed E-state index contributed by atoms with van der Waals surface area (Å²) >= 11 is 5.67. The second-order valence-electron chi connectivity index (χ2n) is 2.47. The molecular weight excluding hydrogens is 176 g/mol. The van der Waals surface area contributed by atoms with Gasteiger partial charge in [0.05, 0.1) is 11.6 Å². The molecule has 0 spiro atoms. The molecule has 0 saturated carbocycles. The maximum Gasteiger partial charge on any atom is 0.129 e. The summed E-state index contributed by atoms with van der Waals surface area (Å²) in [7, 11) is 0. The van der Waals surface area contributed by atoms with Gasteiger partial charge in [-0.3, -0.25) is 0 Å². The van der Waals surface area contributed by atoms with Crippen molar-refractivity contribution in [1.29, 1.82) is 0 Å². The standard InChI is InChI=1S/C9H10ClO2/c1-7(6-11)12-9-4-2-3-8(10)5-9/h2-4,7,11H,6H2,1H3/t7-/m1/s1. The highest BCUT2D eigenvalue weighted by molar-refractivity contribution is 6.30. The normalized spacial score (nSPS) is 12.6. The van der Waals surface area contributed by atoms with Crippen LogP contribution in [0.4, 0.5) is 0 Å². The quantitative estimate of drug-likeness (QED) is 0.780. The van der Waals surface area contributed by atoms with E-state index in [1.54, 1.807) is 25.1 Å². The Morgan fingerprint density at radius 3 is 3.00 bits per heavy atom. The van der Waals surface area contributed by atoms with Crippen LogP contribution in [-0.2, 0) is 0 Å². The number of hydrogen-bond acceptors (Lipinski definition) is 2. The van der Waals surface area contributed by atoms with Crippen LogP contribution in [0.2, 0.25) is 5.02 Å². The summed E-state index contributed by atoms with van der Waals surface area (Å²) in [6, 6.07) is 8.05. The van der Waals surface area contributed by atoms with Crippen molar-refractivity contribution in [2.75, 3.05) is 6.61 Å². The first-order valence-corrected chi connectivity index (χ1v) is 4.05. The van der Waals surface area contributed by atoms with Crippen LogP contribution < -0.4 is 4.74 Å². The molecule has 0 heterocycles. The number of hydrogen-bond donors (Lipinski definition) is 1. The molecule has 1 radical (unpaired) electrons. The average molecular weight is 186 g/mol. The summed E-state index contributed by atoms with van der Waals surface area (Å²) in [6.45, 7) is 1.76. The lowest BCUT2D eigenvalue weighted by Gasteiger charge is -2.10. The number of aliphatic hydroxyl groups excluding tert-OH is 1. The van der Waals surface area contributed by atoms with Gasteiger partial charge in [-0.05, 0) is 19.1 Å². The van der Waals surface area contributed by atoms with E-state index in [4.69, 9.17) is 21.4 Å². The highest BCUT2D eigenvalue weighted by Gasteiger charge is 2.01. The smallest absolute Gasteiger partial charge is 0.129 e. The van der Waals surface area contributed by atoms with Crippen molar-refractivity contribution in [2.45, 2.75) is 13.0 Å². The van der Waals surface area contributed by atoms with Crippen LogP contribution in [0.1, 0.15) is 6.92 Å². The first kappa shape index (κ1) is 9.36. The van der Waals surface area contributed by atoms with Gasteiger partial charge in [-0.2, -0.15) is 0 Å². The van der Waals surface area contributed by atoms with Crippen LogP contribution in [0.3, 0.4) is 0 Å². The van der Waals surface area contributed by atoms with Crippen LogP contribution in [-0.4, -0.2) is 17.8 Å². The monoisotopic (exact) mass is 185 g/mol. The van der Waals surface area contributed by atoms with Gasteiger partial charge in [0.25, 0.3) is 0 Å². The Labute approximate surface area is 76.7 Å². The molecule has 0 unspecified atom stereocenters. The molecule has 12 heavy (non-hydrogen) atoms. The number of rotatable bonds is 3. The molecule has 0 fully saturated rings. The molecule has 1 N–H and O–H groups in total. The Balaban J connectivity index is 2.63. The number of aliphatic hydroxyl groups is 1. The summed E-state index contributed by atoms with van der Waals surface area (Å²) in [5, 5.41) is 9.21. The van der Waals surface area contributed by atoms with E-state index in [-0.39, 0.29) is 12.7 Å².